The van der Waals surface area contributed by atoms with Crippen LogP contribution in [0, 0.1) is 0 Å². The van der Waals surface area contributed by atoms with Crippen molar-refractivity contribution in [3.8, 4) is 0 Å². The summed E-state index contributed by atoms with van der Waals surface area (Å²) in [5.74, 6) is 0.0162. The van der Waals surface area contributed by atoms with Crippen LogP contribution >= 0.6 is 11.3 Å². The van der Waals surface area contributed by atoms with Crippen molar-refractivity contribution >= 4 is 33.4 Å². The highest BCUT2D eigenvalue weighted by molar-refractivity contribution is 7.13. The van der Waals surface area contributed by atoms with Crippen LogP contribution in [0.4, 0.5) is 5.13 Å². The first-order valence-electron chi connectivity index (χ1n) is 9.66. The average molecular weight is 404 g/mol. The predicted octanol–water partition coefficient (Wildman–Crippen LogP) is 3.82. The SMILES string of the molecule is Nc1nc(C2(c3ccccc3)CCN(C(=O)c3cc4cccnc4[nH]3)CC2)cs1. The van der Waals surface area contributed by atoms with Crippen LogP contribution in [-0.4, -0.2) is 38.8 Å². The van der Waals surface area contributed by atoms with Gasteiger partial charge in [-0.15, -0.1) is 11.3 Å². The van der Waals surface area contributed by atoms with Gasteiger partial charge < -0.3 is 15.6 Å². The van der Waals surface area contributed by atoms with Gasteiger partial charge in [-0.25, -0.2) is 9.97 Å². The van der Waals surface area contributed by atoms with Gasteiger partial charge in [0.1, 0.15) is 11.3 Å². The van der Waals surface area contributed by atoms with Crippen LogP contribution in [0.5, 0.6) is 0 Å². The highest BCUT2D eigenvalue weighted by Gasteiger charge is 2.41. The van der Waals surface area contributed by atoms with Crippen LogP contribution in [0.15, 0.2) is 60.1 Å². The summed E-state index contributed by atoms with van der Waals surface area (Å²) in [5, 5.41) is 3.59. The number of nitrogen functional groups attached to an aromatic ring is 1. The first-order valence-corrected chi connectivity index (χ1v) is 10.5. The normalized spacial score (nSPS) is 16.2. The Morgan fingerprint density at radius 2 is 1.93 bits per heavy atom. The van der Waals surface area contributed by atoms with Crippen LogP contribution in [0.3, 0.4) is 0 Å². The van der Waals surface area contributed by atoms with Gasteiger partial charge in [0, 0.05) is 35.5 Å². The number of nitrogens with two attached hydrogens (primary N) is 1. The number of nitrogens with one attached hydrogen (secondary N) is 1. The van der Waals surface area contributed by atoms with Crippen molar-refractivity contribution in [2.75, 3.05) is 18.8 Å². The third-order valence-electron chi connectivity index (χ3n) is 5.87. The van der Waals surface area contributed by atoms with E-state index < -0.39 is 0 Å². The summed E-state index contributed by atoms with van der Waals surface area (Å²) in [6.45, 7) is 1.32. The fourth-order valence-corrected chi connectivity index (χ4v) is 4.95. The molecule has 1 aromatic carbocycles. The molecule has 29 heavy (non-hydrogen) atoms. The lowest BCUT2D eigenvalue weighted by Gasteiger charge is -2.41. The maximum atomic E-state index is 13.1. The number of piperidine rings is 1. The molecule has 7 heteroatoms. The fourth-order valence-electron chi connectivity index (χ4n) is 4.29. The molecule has 4 aromatic rings. The van der Waals surface area contributed by atoms with Crippen molar-refractivity contribution in [2.24, 2.45) is 0 Å². The lowest BCUT2D eigenvalue weighted by Crippen LogP contribution is -2.46. The van der Waals surface area contributed by atoms with Gasteiger partial charge in [0.25, 0.3) is 5.91 Å². The second-order valence-electron chi connectivity index (χ2n) is 7.44. The van der Waals surface area contributed by atoms with E-state index in [2.05, 4.69) is 44.6 Å². The maximum absolute atomic E-state index is 13.1. The maximum Gasteiger partial charge on any atom is 0.270 e. The number of amides is 1. The van der Waals surface area contributed by atoms with Crippen molar-refractivity contribution < 1.29 is 4.79 Å². The largest absolute Gasteiger partial charge is 0.375 e. The van der Waals surface area contributed by atoms with Crippen LogP contribution in [0.2, 0.25) is 0 Å². The predicted molar refractivity (Wildman–Crippen MR) is 115 cm³/mol. The monoisotopic (exact) mass is 403 g/mol. The Morgan fingerprint density at radius 3 is 2.62 bits per heavy atom. The highest BCUT2D eigenvalue weighted by atomic mass is 32.1. The molecule has 0 aliphatic carbocycles. The standard InChI is InChI=1S/C22H21N5OS/c23-21-26-18(14-29-21)22(16-6-2-1-3-7-16)8-11-27(12-9-22)20(28)17-13-15-5-4-10-24-19(15)25-17/h1-7,10,13-14H,8-9,11-12H2,(H2,23,26)(H,24,25). The molecular weight excluding hydrogens is 382 g/mol. The second kappa shape index (κ2) is 7.00. The first kappa shape index (κ1) is 17.9. The number of benzene rings is 1. The molecule has 3 N–H and O–H groups in total. The Kier molecular flexibility index (Phi) is 4.32. The number of aromatic nitrogens is 3. The van der Waals surface area contributed by atoms with E-state index in [0.717, 1.165) is 29.6 Å². The third kappa shape index (κ3) is 3.07. The quantitative estimate of drug-likeness (QED) is 0.544. The van der Waals surface area contributed by atoms with E-state index in [0.29, 0.717) is 23.9 Å². The van der Waals surface area contributed by atoms with Crippen LogP contribution in [0.25, 0.3) is 11.0 Å². The zero-order valence-electron chi connectivity index (χ0n) is 15.8. The molecule has 1 aliphatic heterocycles. The molecule has 0 saturated carbocycles. The summed E-state index contributed by atoms with van der Waals surface area (Å²) < 4.78 is 0. The summed E-state index contributed by atoms with van der Waals surface area (Å²) in [6.07, 6.45) is 3.34. The van der Waals surface area contributed by atoms with Gasteiger partial charge in [-0.05, 0) is 36.6 Å². The van der Waals surface area contributed by atoms with E-state index in [9.17, 15) is 4.79 Å². The van der Waals surface area contributed by atoms with Crippen LogP contribution in [0.1, 0.15) is 34.6 Å². The lowest BCUT2D eigenvalue weighted by molar-refractivity contribution is 0.0679. The Morgan fingerprint density at radius 1 is 1.14 bits per heavy atom. The van der Waals surface area contributed by atoms with Crippen molar-refractivity contribution in [1.29, 1.82) is 0 Å². The summed E-state index contributed by atoms with van der Waals surface area (Å²) in [5.41, 5.74) is 9.29. The number of pyridine rings is 1. The van der Waals surface area contributed by atoms with E-state index >= 15 is 0 Å². The Labute approximate surface area is 172 Å². The number of anilines is 1. The van der Waals surface area contributed by atoms with E-state index in [1.807, 2.05) is 29.2 Å². The molecule has 1 fully saturated rings. The van der Waals surface area contributed by atoms with Gasteiger partial charge in [-0.3, -0.25) is 4.79 Å². The van der Waals surface area contributed by atoms with Crippen LogP contribution in [-0.2, 0) is 5.41 Å². The van der Waals surface area contributed by atoms with Crippen molar-refractivity contribution in [1.82, 2.24) is 19.9 Å². The topological polar surface area (TPSA) is 87.9 Å². The Balaban J connectivity index is 1.42. The van der Waals surface area contributed by atoms with E-state index in [1.165, 1.54) is 16.9 Å². The molecule has 0 spiro atoms. The Bertz CT molecular complexity index is 1130. The summed E-state index contributed by atoms with van der Waals surface area (Å²) >= 11 is 1.47. The number of carbonyl (C=O) groups is 1. The molecule has 4 heterocycles. The molecule has 0 unspecified atom stereocenters. The fraction of sp³-hybridized carbons (Fsp3) is 0.227. The molecule has 0 radical (unpaired) electrons. The number of carbonyl (C=O) groups excluding carboxylic acids is 1. The van der Waals surface area contributed by atoms with Gasteiger partial charge >= 0.3 is 0 Å². The number of hydrogen-bond acceptors (Lipinski definition) is 5. The van der Waals surface area contributed by atoms with Gasteiger partial charge in [-0.1, -0.05) is 30.3 Å². The minimum Gasteiger partial charge on any atom is -0.375 e. The minimum atomic E-state index is -0.214. The number of thiazole rings is 1. The van der Waals surface area contributed by atoms with E-state index in [4.69, 9.17) is 5.73 Å². The molecule has 0 bridgehead atoms. The number of hydrogen-bond donors (Lipinski definition) is 2. The first-order chi connectivity index (χ1) is 14.2. The molecule has 5 rings (SSSR count). The number of likely N-dealkylation sites (tertiary alicyclic amines) is 1. The molecule has 3 aromatic heterocycles. The third-order valence-corrected chi connectivity index (χ3v) is 6.54. The zero-order chi connectivity index (χ0) is 19.8. The smallest absolute Gasteiger partial charge is 0.270 e. The minimum absolute atomic E-state index is 0.0162. The van der Waals surface area contributed by atoms with Crippen LogP contribution < -0.4 is 5.73 Å². The van der Waals surface area contributed by atoms with E-state index in [1.54, 1.807) is 6.20 Å². The number of rotatable bonds is 3. The van der Waals surface area contributed by atoms with Gasteiger partial charge in [0.05, 0.1) is 5.69 Å². The van der Waals surface area contributed by atoms with Crippen molar-refractivity contribution in [2.45, 2.75) is 18.3 Å². The lowest BCUT2D eigenvalue weighted by atomic mass is 9.70. The number of fused-ring (bicyclic) bond motifs is 1. The molecule has 6 nitrogen and oxygen atoms in total. The molecule has 1 amide bonds. The molecule has 0 atom stereocenters. The van der Waals surface area contributed by atoms with Crippen molar-refractivity contribution in [3.05, 3.63) is 77.1 Å². The average Bonchev–Trinajstić information content (AvgIpc) is 3.40. The van der Waals surface area contributed by atoms with Gasteiger partial charge in [0.2, 0.25) is 0 Å². The Hall–Kier alpha value is -3.19. The summed E-state index contributed by atoms with van der Waals surface area (Å²) in [7, 11) is 0. The zero-order valence-corrected chi connectivity index (χ0v) is 16.7. The summed E-state index contributed by atoms with van der Waals surface area (Å²) in [4.78, 5) is 27.1. The number of aromatic amines is 1. The molecule has 1 saturated heterocycles. The number of H-pyrrole nitrogens is 1. The van der Waals surface area contributed by atoms with Gasteiger partial charge in [0.15, 0.2) is 5.13 Å². The molecule has 1 aliphatic rings. The number of nitrogens with zero attached hydrogens (tertiary/aromatic N) is 3. The second-order valence-corrected chi connectivity index (χ2v) is 8.33. The molecule has 146 valence electrons. The van der Waals surface area contributed by atoms with E-state index in [-0.39, 0.29) is 11.3 Å². The highest BCUT2D eigenvalue weighted by Crippen LogP contribution is 2.42. The van der Waals surface area contributed by atoms with Crippen molar-refractivity contribution in [3.63, 3.8) is 0 Å². The van der Waals surface area contributed by atoms with Gasteiger partial charge in [-0.2, -0.15) is 0 Å². The summed E-state index contributed by atoms with van der Waals surface area (Å²) in [6, 6.07) is 16.1. The molecular formula is C22H21N5OS.